The lowest BCUT2D eigenvalue weighted by Crippen LogP contribution is -2.32. The van der Waals surface area contributed by atoms with Gasteiger partial charge in [0.1, 0.15) is 0 Å². The van der Waals surface area contributed by atoms with E-state index in [1.807, 2.05) is 0 Å². The van der Waals surface area contributed by atoms with Gasteiger partial charge < -0.3 is 15.4 Å². The second-order valence-electron chi connectivity index (χ2n) is 2.40. The summed E-state index contributed by atoms with van der Waals surface area (Å²) in [6, 6.07) is 0. The first kappa shape index (κ1) is 11.9. The molecule has 76 valence electrons. The molecule has 0 saturated carbocycles. The first-order valence-corrected chi connectivity index (χ1v) is 4.27. The molecule has 0 fully saturated rings. The van der Waals surface area contributed by atoms with E-state index in [2.05, 4.69) is 10.6 Å². The van der Waals surface area contributed by atoms with Crippen LogP contribution in [0.5, 0.6) is 0 Å². The molecule has 0 aromatic rings. The van der Waals surface area contributed by atoms with Gasteiger partial charge in [-0.05, 0) is 6.92 Å². The van der Waals surface area contributed by atoms with E-state index in [9.17, 15) is 9.59 Å². The van der Waals surface area contributed by atoms with E-state index in [1.54, 1.807) is 14.0 Å². The van der Waals surface area contributed by atoms with Crippen LogP contribution in [0.4, 0.5) is 0 Å². The SMILES string of the molecule is CCOC(=O)CCNCC(=O)NC. The summed E-state index contributed by atoms with van der Waals surface area (Å²) >= 11 is 0. The van der Waals surface area contributed by atoms with Crippen LogP contribution in [0.25, 0.3) is 0 Å². The lowest BCUT2D eigenvalue weighted by molar-refractivity contribution is -0.143. The molecule has 0 aliphatic carbocycles. The molecule has 0 bridgehead atoms. The van der Waals surface area contributed by atoms with Crippen LogP contribution in [-0.4, -0.2) is 38.6 Å². The lowest BCUT2D eigenvalue weighted by atomic mass is 10.4. The Bertz CT molecular complexity index is 171. The third-order valence-electron chi connectivity index (χ3n) is 1.38. The van der Waals surface area contributed by atoms with E-state index in [0.717, 1.165) is 0 Å². The number of hydrogen-bond donors (Lipinski definition) is 2. The van der Waals surface area contributed by atoms with Gasteiger partial charge in [-0.25, -0.2) is 0 Å². The number of nitrogens with one attached hydrogen (secondary N) is 2. The smallest absolute Gasteiger partial charge is 0.307 e. The molecule has 0 unspecified atom stereocenters. The van der Waals surface area contributed by atoms with E-state index in [0.29, 0.717) is 19.6 Å². The highest BCUT2D eigenvalue weighted by Crippen LogP contribution is 1.83. The largest absolute Gasteiger partial charge is 0.466 e. The number of carbonyl (C=O) groups is 2. The molecule has 0 rings (SSSR count). The van der Waals surface area contributed by atoms with Gasteiger partial charge >= 0.3 is 5.97 Å². The molecule has 5 nitrogen and oxygen atoms in total. The minimum atomic E-state index is -0.244. The Morgan fingerprint density at radius 1 is 1.38 bits per heavy atom. The van der Waals surface area contributed by atoms with E-state index in [1.165, 1.54) is 0 Å². The summed E-state index contributed by atoms with van der Waals surface area (Å²) in [5.41, 5.74) is 0. The van der Waals surface area contributed by atoms with Crippen molar-refractivity contribution < 1.29 is 14.3 Å². The summed E-state index contributed by atoms with van der Waals surface area (Å²) in [4.78, 5) is 21.5. The monoisotopic (exact) mass is 188 g/mol. The number of hydrogen-bond acceptors (Lipinski definition) is 4. The fourth-order valence-electron chi connectivity index (χ4n) is 0.714. The number of esters is 1. The molecule has 0 atom stereocenters. The van der Waals surface area contributed by atoms with Crippen LogP contribution in [0.3, 0.4) is 0 Å². The molecule has 5 heteroatoms. The number of ether oxygens (including phenoxy) is 1. The zero-order chi connectivity index (χ0) is 10.1. The van der Waals surface area contributed by atoms with Gasteiger partial charge in [-0.3, -0.25) is 9.59 Å². The second-order valence-corrected chi connectivity index (χ2v) is 2.40. The highest BCUT2D eigenvalue weighted by Gasteiger charge is 2.01. The molecule has 0 aromatic heterocycles. The molecular weight excluding hydrogens is 172 g/mol. The summed E-state index contributed by atoms with van der Waals surface area (Å²) in [6.45, 7) is 2.85. The highest BCUT2D eigenvalue weighted by atomic mass is 16.5. The molecule has 1 amide bonds. The van der Waals surface area contributed by atoms with Crippen LogP contribution in [0.1, 0.15) is 13.3 Å². The fourth-order valence-corrected chi connectivity index (χ4v) is 0.714. The molecule has 0 heterocycles. The van der Waals surface area contributed by atoms with Gasteiger partial charge in [0, 0.05) is 13.6 Å². The Morgan fingerprint density at radius 3 is 2.62 bits per heavy atom. The van der Waals surface area contributed by atoms with Crippen molar-refractivity contribution >= 4 is 11.9 Å². The van der Waals surface area contributed by atoms with Crippen LogP contribution in [0, 0.1) is 0 Å². The number of likely N-dealkylation sites (N-methyl/N-ethyl adjacent to an activating group) is 1. The van der Waals surface area contributed by atoms with Gasteiger partial charge in [0.25, 0.3) is 0 Å². The third kappa shape index (κ3) is 7.27. The summed E-state index contributed by atoms with van der Waals surface area (Å²) in [7, 11) is 1.56. The molecule has 0 radical (unpaired) electrons. The predicted molar refractivity (Wildman–Crippen MR) is 48.2 cm³/mol. The van der Waals surface area contributed by atoms with Crippen molar-refractivity contribution in [1.82, 2.24) is 10.6 Å². The van der Waals surface area contributed by atoms with Crippen molar-refractivity contribution in [3.8, 4) is 0 Å². The fraction of sp³-hybridized carbons (Fsp3) is 0.750. The Hall–Kier alpha value is -1.10. The van der Waals surface area contributed by atoms with Crippen molar-refractivity contribution in [3.63, 3.8) is 0 Å². The van der Waals surface area contributed by atoms with Crippen molar-refractivity contribution in [2.45, 2.75) is 13.3 Å². The Morgan fingerprint density at radius 2 is 2.08 bits per heavy atom. The van der Waals surface area contributed by atoms with Gasteiger partial charge in [-0.2, -0.15) is 0 Å². The maximum Gasteiger partial charge on any atom is 0.307 e. The van der Waals surface area contributed by atoms with Crippen molar-refractivity contribution in [3.05, 3.63) is 0 Å². The molecule has 0 aromatic carbocycles. The summed E-state index contributed by atoms with van der Waals surface area (Å²) < 4.78 is 4.70. The van der Waals surface area contributed by atoms with Gasteiger partial charge in [0.05, 0.1) is 19.6 Å². The Kier molecular flexibility index (Phi) is 6.91. The van der Waals surface area contributed by atoms with Crippen LogP contribution < -0.4 is 10.6 Å². The number of rotatable bonds is 6. The van der Waals surface area contributed by atoms with Crippen molar-refractivity contribution in [1.29, 1.82) is 0 Å². The summed E-state index contributed by atoms with van der Waals surface area (Å²) in [6.07, 6.45) is 0.296. The average molecular weight is 188 g/mol. The van der Waals surface area contributed by atoms with Crippen LogP contribution in [0.2, 0.25) is 0 Å². The van der Waals surface area contributed by atoms with Crippen molar-refractivity contribution in [2.75, 3.05) is 26.7 Å². The van der Waals surface area contributed by atoms with E-state index in [4.69, 9.17) is 4.74 Å². The molecule has 0 saturated heterocycles. The van der Waals surface area contributed by atoms with Gasteiger partial charge in [0.2, 0.25) is 5.91 Å². The minimum Gasteiger partial charge on any atom is -0.466 e. The standard InChI is InChI=1S/C8H16N2O3/c1-3-13-8(12)4-5-10-6-7(11)9-2/h10H,3-6H2,1-2H3,(H,9,11). The topological polar surface area (TPSA) is 67.4 Å². The number of amides is 1. The van der Waals surface area contributed by atoms with Gasteiger partial charge in [-0.15, -0.1) is 0 Å². The molecule has 0 aliphatic rings. The van der Waals surface area contributed by atoms with Crippen LogP contribution in [-0.2, 0) is 14.3 Å². The van der Waals surface area contributed by atoms with Crippen LogP contribution in [0.15, 0.2) is 0 Å². The summed E-state index contributed by atoms with van der Waals surface area (Å²) in [5.74, 6) is -0.337. The summed E-state index contributed by atoms with van der Waals surface area (Å²) in [5, 5.41) is 5.27. The minimum absolute atomic E-state index is 0.0936. The normalized spacial score (nSPS) is 9.38. The number of carbonyl (C=O) groups excluding carboxylic acids is 2. The van der Waals surface area contributed by atoms with E-state index in [-0.39, 0.29) is 18.4 Å². The van der Waals surface area contributed by atoms with E-state index >= 15 is 0 Å². The van der Waals surface area contributed by atoms with Crippen LogP contribution >= 0.6 is 0 Å². The lowest BCUT2D eigenvalue weighted by Gasteiger charge is -2.03. The second kappa shape index (κ2) is 7.54. The Balaban J connectivity index is 3.25. The first-order valence-electron chi connectivity index (χ1n) is 4.27. The molecular formula is C8H16N2O3. The molecule has 13 heavy (non-hydrogen) atoms. The first-order chi connectivity index (χ1) is 6.20. The van der Waals surface area contributed by atoms with Crippen molar-refractivity contribution in [2.24, 2.45) is 0 Å². The Labute approximate surface area is 77.8 Å². The maximum absolute atomic E-state index is 10.8. The zero-order valence-electron chi connectivity index (χ0n) is 8.05. The third-order valence-corrected chi connectivity index (χ3v) is 1.38. The van der Waals surface area contributed by atoms with E-state index < -0.39 is 0 Å². The van der Waals surface area contributed by atoms with Gasteiger partial charge in [0.15, 0.2) is 0 Å². The maximum atomic E-state index is 10.8. The predicted octanol–water partition coefficient (Wildman–Crippen LogP) is -0.725. The zero-order valence-corrected chi connectivity index (χ0v) is 8.05. The molecule has 2 N–H and O–H groups in total. The molecule has 0 spiro atoms. The quantitative estimate of drug-likeness (QED) is 0.426. The van der Waals surface area contributed by atoms with Gasteiger partial charge in [-0.1, -0.05) is 0 Å². The average Bonchev–Trinajstić information content (AvgIpc) is 2.12. The highest BCUT2D eigenvalue weighted by molar-refractivity contribution is 5.77. The molecule has 0 aliphatic heterocycles.